The molecule has 4 aromatic rings. The van der Waals surface area contributed by atoms with Crippen molar-refractivity contribution in [1.29, 1.82) is 0 Å². The molecule has 2 amide bonds. The van der Waals surface area contributed by atoms with Crippen LogP contribution in [0.3, 0.4) is 0 Å². The fraction of sp³-hybridized carbons (Fsp3) is 0.250. The average molecular weight is 780 g/mol. The number of allylic oxidation sites excluding steroid dienone is 2. The maximum absolute atomic E-state index is 14.2. The van der Waals surface area contributed by atoms with E-state index in [1.165, 1.54) is 12.0 Å². The van der Waals surface area contributed by atoms with Gasteiger partial charge in [0, 0.05) is 11.4 Å². The van der Waals surface area contributed by atoms with Crippen molar-refractivity contribution >= 4 is 70.2 Å². The quantitative estimate of drug-likeness (QED) is 0.0519. The van der Waals surface area contributed by atoms with Crippen molar-refractivity contribution in [2.45, 2.75) is 38.6 Å². The summed E-state index contributed by atoms with van der Waals surface area (Å²) in [6.45, 7) is 2.04. The summed E-state index contributed by atoms with van der Waals surface area (Å²) in [5, 5.41) is 24.8. The van der Waals surface area contributed by atoms with Crippen molar-refractivity contribution < 1.29 is 29.1 Å². The maximum Gasteiger partial charge on any atom is 0.455 e. The molecule has 0 radical (unpaired) electrons. The monoisotopic (exact) mass is 780 g/mol. The zero-order chi connectivity index (χ0) is 34.9. The second kappa shape index (κ2) is 14.5. The number of anilines is 3. The number of ether oxygens (including phenoxy) is 1. The lowest BCUT2D eigenvalue weighted by Gasteiger charge is -2.42. The van der Waals surface area contributed by atoms with Gasteiger partial charge in [-0.3, -0.25) is 14.5 Å². The molecule has 10 heteroatoms. The molecule has 8 nitrogen and oxygen atoms in total. The number of hydrogen-bond donors (Lipinski definition) is 3. The van der Waals surface area contributed by atoms with E-state index in [0.29, 0.717) is 34.3 Å². The molecule has 0 aromatic heterocycles. The van der Waals surface area contributed by atoms with Crippen LogP contribution in [0.2, 0.25) is 6.32 Å². The Morgan fingerprint density at radius 2 is 1.66 bits per heavy atom. The van der Waals surface area contributed by atoms with Gasteiger partial charge in [-0.15, -0.1) is 0 Å². The highest BCUT2D eigenvalue weighted by Gasteiger charge is 2.57. The van der Waals surface area contributed by atoms with Crippen LogP contribution in [-0.2, 0) is 14.2 Å². The Hall–Kier alpha value is -4.39. The molecule has 0 saturated carbocycles. The van der Waals surface area contributed by atoms with E-state index in [9.17, 15) is 19.7 Å². The van der Waals surface area contributed by atoms with Crippen LogP contribution in [0.15, 0.2) is 108 Å². The minimum absolute atomic E-state index is 0.107. The number of carbonyl (C=O) groups is 2. The Morgan fingerprint density at radius 3 is 2.36 bits per heavy atom. The average Bonchev–Trinajstić information content (AvgIpc) is 3.37. The highest BCUT2D eigenvalue weighted by Crippen LogP contribution is 2.51. The number of halogens is 1. The van der Waals surface area contributed by atoms with Crippen LogP contribution in [0.1, 0.15) is 37.3 Å². The molecule has 2 saturated heterocycles. The lowest BCUT2D eigenvalue weighted by molar-refractivity contribution is -0.122. The zero-order valence-corrected chi connectivity index (χ0v) is 30.0. The Kier molecular flexibility index (Phi) is 9.86. The normalized spacial score (nSPS) is 22.0. The van der Waals surface area contributed by atoms with Crippen molar-refractivity contribution in [3.05, 3.63) is 123 Å². The Balaban J connectivity index is 1.13. The van der Waals surface area contributed by atoms with Crippen LogP contribution in [0.25, 0.3) is 11.6 Å². The van der Waals surface area contributed by atoms with E-state index in [-0.39, 0.29) is 29.8 Å². The van der Waals surface area contributed by atoms with Crippen LogP contribution in [-0.4, -0.2) is 42.3 Å². The summed E-state index contributed by atoms with van der Waals surface area (Å²) in [4.78, 5) is 29.4. The molecule has 254 valence electrons. The fourth-order valence-corrected chi connectivity index (χ4v) is 8.45. The number of rotatable bonds is 9. The fourth-order valence-electron chi connectivity index (χ4n) is 7.83. The van der Waals surface area contributed by atoms with Crippen LogP contribution >= 0.6 is 22.6 Å². The smallest absolute Gasteiger partial charge is 0.455 e. The Morgan fingerprint density at radius 1 is 0.980 bits per heavy atom. The number of methoxy groups -OCH3 is 1. The number of fused-ring (bicyclic) bond motifs is 3. The Bertz CT molecular complexity index is 1970. The second-order valence-corrected chi connectivity index (χ2v) is 14.3. The van der Waals surface area contributed by atoms with Gasteiger partial charge >= 0.3 is 7.12 Å². The highest BCUT2D eigenvalue weighted by molar-refractivity contribution is 14.1. The third kappa shape index (κ3) is 6.71. The predicted octanol–water partition coefficient (Wildman–Crippen LogP) is 8.09. The number of aromatic hydroxyl groups is 1. The molecule has 4 atom stereocenters. The summed E-state index contributed by atoms with van der Waals surface area (Å²) in [5.74, 6) is -1.22. The molecule has 2 aliphatic heterocycles. The molecule has 0 spiro atoms. The number of para-hydroxylation sites is 1. The van der Waals surface area contributed by atoms with Gasteiger partial charge in [-0.05, 0) is 132 Å². The molecule has 2 fully saturated rings. The van der Waals surface area contributed by atoms with Crippen molar-refractivity contribution in [2.24, 2.45) is 17.8 Å². The van der Waals surface area contributed by atoms with E-state index in [1.54, 1.807) is 0 Å². The first-order valence-electron chi connectivity index (χ1n) is 16.9. The molecule has 1 aliphatic carbocycles. The van der Waals surface area contributed by atoms with Gasteiger partial charge in [0.1, 0.15) is 0 Å². The summed E-state index contributed by atoms with van der Waals surface area (Å²) < 4.78 is 12.3. The second-order valence-electron chi connectivity index (χ2n) is 13.2. The molecule has 3 aliphatic rings. The SMILES string of the molecule is COc1cc(/C=C(/CC[C@H]2OB(O)C[C@H]3C2=C(C)C[C@H]2C(=O)N(c4ccc(Nc5ccccc5)cc4)C(=O)[C@H]23)c2ccccc2)cc(I)c1O. The Labute approximate surface area is 306 Å². The zero-order valence-electron chi connectivity index (χ0n) is 27.9. The number of benzene rings is 4. The van der Waals surface area contributed by atoms with Crippen molar-refractivity contribution in [3.8, 4) is 11.5 Å². The third-order valence-corrected chi connectivity index (χ3v) is 10.9. The summed E-state index contributed by atoms with van der Waals surface area (Å²) >= 11 is 2.10. The number of phenolic OH excluding ortho intramolecular Hbond substituents is 1. The number of nitrogens with zero attached hydrogens (tertiary/aromatic N) is 1. The van der Waals surface area contributed by atoms with Crippen LogP contribution in [0, 0.1) is 21.3 Å². The molecule has 0 unspecified atom stereocenters. The van der Waals surface area contributed by atoms with Gasteiger partial charge in [-0.25, -0.2) is 0 Å². The minimum Gasteiger partial charge on any atom is -0.504 e. The van der Waals surface area contributed by atoms with Gasteiger partial charge in [0.25, 0.3) is 0 Å². The lowest BCUT2D eigenvalue weighted by atomic mass is 9.58. The van der Waals surface area contributed by atoms with Gasteiger partial charge in [0.2, 0.25) is 11.8 Å². The molecule has 4 aromatic carbocycles. The number of phenols is 1. The van der Waals surface area contributed by atoms with E-state index in [2.05, 4.69) is 46.1 Å². The first kappa shape index (κ1) is 34.1. The summed E-state index contributed by atoms with van der Waals surface area (Å²) in [6.07, 6.45) is 3.63. The van der Waals surface area contributed by atoms with Gasteiger partial charge in [-0.2, -0.15) is 0 Å². The van der Waals surface area contributed by atoms with E-state index in [1.807, 2.05) is 91.9 Å². The van der Waals surface area contributed by atoms with Crippen molar-refractivity contribution in [3.63, 3.8) is 0 Å². The molecular formula is C40H38BIN2O6. The third-order valence-electron chi connectivity index (χ3n) is 10.1. The highest BCUT2D eigenvalue weighted by atomic mass is 127. The first-order valence-corrected chi connectivity index (χ1v) is 17.9. The van der Waals surface area contributed by atoms with Crippen LogP contribution in [0.5, 0.6) is 11.5 Å². The van der Waals surface area contributed by atoms with Gasteiger partial charge in [0.05, 0.1) is 34.3 Å². The van der Waals surface area contributed by atoms with Gasteiger partial charge < -0.3 is 24.8 Å². The largest absolute Gasteiger partial charge is 0.504 e. The van der Waals surface area contributed by atoms with Gasteiger partial charge in [0.15, 0.2) is 11.5 Å². The van der Waals surface area contributed by atoms with Crippen LogP contribution < -0.4 is 15.0 Å². The molecule has 3 N–H and O–H groups in total. The first-order chi connectivity index (χ1) is 24.2. The number of nitrogens with one attached hydrogen (secondary N) is 1. The lowest BCUT2D eigenvalue weighted by Crippen LogP contribution is -2.46. The van der Waals surface area contributed by atoms with E-state index in [0.717, 1.165) is 39.2 Å². The van der Waals surface area contributed by atoms with Crippen molar-refractivity contribution in [1.82, 2.24) is 0 Å². The molecule has 0 bridgehead atoms. The van der Waals surface area contributed by atoms with E-state index in [4.69, 9.17) is 9.39 Å². The minimum atomic E-state index is -1.05. The summed E-state index contributed by atoms with van der Waals surface area (Å²) in [7, 11) is 0.485. The summed E-state index contributed by atoms with van der Waals surface area (Å²) in [6, 6.07) is 31.0. The van der Waals surface area contributed by atoms with Crippen LogP contribution in [0.4, 0.5) is 17.1 Å². The molecular weight excluding hydrogens is 742 g/mol. The number of imide groups is 1. The number of carbonyl (C=O) groups excluding carboxylic acids is 2. The number of amides is 2. The maximum atomic E-state index is 14.2. The van der Waals surface area contributed by atoms with Crippen molar-refractivity contribution in [2.75, 3.05) is 17.3 Å². The molecule has 2 heterocycles. The summed E-state index contributed by atoms with van der Waals surface area (Å²) in [5.41, 5.74) is 7.45. The molecule has 50 heavy (non-hydrogen) atoms. The topological polar surface area (TPSA) is 108 Å². The standard InChI is InChI=1S/C40H38BIN2O6/c1-24-19-31-37(40(47)44(39(31)46)30-16-14-29(15-17-30)43-28-11-7-4-8-12-28)32-23-41(48)50-34(36(24)32)18-13-27(26-9-5-3-6-10-26)20-25-21-33(42)38(45)35(22-25)49-2/h3-12,14-17,20-22,31-32,34,37,43,45,48H,13,18-19,23H2,1-2H3/b27-20-/t31-,32+,34-,37-/m1/s1. The van der Waals surface area contributed by atoms with E-state index < -0.39 is 25.1 Å². The number of hydrogen-bond acceptors (Lipinski definition) is 7. The predicted molar refractivity (Wildman–Crippen MR) is 205 cm³/mol. The van der Waals surface area contributed by atoms with E-state index >= 15 is 0 Å². The van der Waals surface area contributed by atoms with Gasteiger partial charge in [-0.1, -0.05) is 60.2 Å². The molecule has 7 rings (SSSR count).